The van der Waals surface area contributed by atoms with Crippen molar-refractivity contribution in [1.82, 2.24) is 5.32 Å². The van der Waals surface area contributed by atoms with Crippen molar-refractivity contribution in [2.45, 2.75) is 63.8 Å². The number of hydrogen-bond acceptors (Lipinski definition) is 2. The van der Waals surface area contributed by atoms with Gasteiger partial charge in [-0.1, -0.05) is 25.7 Å². The van der Waals surface area contributed by atoms with Crippen molar-refractivity contribution in [3.63, 3.8) is 0 Å². The number of nitrogens with one attached hydrogen (secondary N) is 1. The fourth-order valence-electron chi connectivity index (χ4n) is 3.27. The molecular formula is C14H26N2O. The summed E-state index contributed by atoms with van der Waals surface area (Å²) in [6.07, 6.45) is 10.7. The summed E-state index contributed by atoms with van der Waals surface area (Å²) >= 11 is 0. The molecular weight excluding hydrogens is 212 g/mol. The molecule has 0 aliphatic heterocycles. The number of hydrogen-bond donors (Lipinski definition) is 2. The molecule has 0 radical (unpaired) electrons. The molecule has 1 amide bonds. The third-order valence-electron chi connectivity index (χ3n) is 4.36. The molecule has 2 aliphatic rings. The van der Waals surface area contributed by atoms with Gasteiger partial charge in [0.2, 0.25) is 5.91 Å². The Morgan fingerprint density at radius 3 is 2.53 bits per heavy atom. The minimum Gasteiger partial charge on any atom is -0.356 e. The van der Waals surface area contributed by atoms with E-state index in [1.54, 1.807) is 0 Å². The van der Waals surface area contributed by atoms with Crippen LogP contribution in [0.5, 0.6) is 0 Å². The van der Waals surface area contributed by atoms with Crippen molar-refractivity contribution in [2.75, 3.05) is 6.54 Å². The smallest absolute Gasteiger partial charge is 0.223 e. The average Bonchev–Trinajstić information content (AvgIpc) is 2.37. The molecule has 0 bridgehead atoms. The van der Waals surface area contributed by atoms with E-state index >= 15 is 0 Å². The maximum atomic E-state index is 12.0. The van der Waals surface area contributed by atoms with Crippen LogP contribution in [0, 0.1) is 11.8 Å². The van der Waals surface area contributed by atoms with Gasteiger partial charge in [-0.3, -0.25) is 4.79 Å². The number of nitrogens with two attached hydrogens (primary N) is 1. The molecule has 98 valence electrons. The number of carbonyl (C=O) groups is 1. The molecule has 3 nitrogen and oxygen atoms in total. The maximum Gasteiger partial charge on any atom is 0.223 e. The van der Waals surface area contributed by atoms with E-state index in [1.807, 2.05) is 0 Å². The fraction of sp³-hybridized carbons (Fsp3) is 0.929. The Bertz CT molecular complexity index is 249. The van der Waals surface area contributed by atoms with Crippen molar-refractivity contribution >= 4 is 5.91 Å². The van der Waals surface area contributed by atoms with Crippen LogP contribution in [-0.4, -0.2) is 18.5 Å². The second-order valence-corrected chi connectivity index (χ2v) is 5.87. The van der Waals surface area contributed by atoms with Gasteiger partial charge in [0.1, 0.15) is 0 Å². The molecule has 2 atom stereocenters. The zero-order chi connectivity index (χ0) is 12.1. The lowest BCUT2D eigenvalue weighted by Gasteiger charge is -2.28. The molecule has 2 unspecified atom stereocenters. The largest absolute Gasteiger partial charge is 0.356 e. The molecule has 3 N–H and O–H groups in total. The lowest BCUT2D eigenvalue weighted by molar-refractivity contribution is -0.126. The van der Waals surface area contributed by atoms with Gasteiger partial charge in [0.05, 0.1) is 0 Å². The van der Waals surface area contributed by atoms with E-state index in [4.69, 9.17) is 5.73 Å². The normalized spacial score (nSPS) is 31.1. The summed E-state index contributed by atoms with van der Waals surface area (Å²) in [5.41, 5.74) is 5.96. The van der Waals surface area contributed by atoms with Crippen LogP contribution in [-0.2, 0) is 4.79 Å². The van der Waals surface area contributed by atoms with E-state index in [-0.39, 0.29) is 0 Å². The SMILES string of the molecule is NC1CCCC(CNC(=O)C2CCCCC2)C1. The molecule has 0 aromatic rings. The zero-order valence-corrected chi connectivity index (χ0v) is 10.8. The van der Waals surface area contributed by atoms with Crippen LogP contribution in [0.1, 0.15) is 57.8 Å². The van der Waals surface area contributed by atoms with Gasteiger partial charge in [-0.15, -0.1) is 0 Å². The highest BCUT2D eigenvalue weighted by molar-refractivity contribution is 5.78. The van der Waals surface area contributed by atoms with E-state index in [9.17, 15) is 4.79 Å². The Labute approximate surface area is 105 Å². The van der Waals surface area contributed by atoms with Gasteiger partial charge < -0.3 is 11.1 Å². The van der Waals surface area contributed by atoms with Gasteiger partial charge in [0.15, 0.2) is 0 Å². The second kappa shape index (κ2) is 6.39. The first kappa shape index (κ1) is 12.9. The van der Waals surface area contributed by atoms with Gasteiger partial charge in [0, 0.05) is 18.5 Å². The van der Waals surface area contributed by atoms with E-state index in [2.05, 4.69) is 5.32 Å². The Balaban J connectivity index is 1.68. The molecule has 0 heterocycles. The van der Waals surface area contributed by atoms with Gasteiger partial charge in [-0.05, 0) is 38.0 Å². The number of carbonyl (C=O) groups excluding carboxylic acids is 1. The quantitative estimate of drug-likeness (QED) is 0.792. The average molecular weight is 238 g/mol. The van der Waals surface area contributed by atoms with Gasteiger partial charge >= 0.3 is 0 Å². The highest BCUT2D eigenvalue weighted by Gasteiger charge is 2.23. The van der Waals surface area contributed by atoms with Crippen molar-refractivity contribution in [3.8, 4) is 0 Å². The highest BCUT2D eigenvalue weighted by atomic mass is 16.1. The van der Waals surface area contributed by atoms with Gasteiger partial charge in [-0.25, -0.2) is 0 Å². The summed E-state index contributed by atoms with van der Waals surface area (Å²) < 4.78 is 0. The van der Waals surface area contributed by atoms with E-state index in [1.165, 1.54) is 32.1 Å². The summed E-state index contributed by atoms with van der Waals surface area (Å²) in [6, 6.07) is 0.361. The van der Waals surface area contributed by atoms with Crippen molar-refractivity contribution < 1.29 is 4.79 Å². The maximum absolute atomic E-state index is 12.0. The van der Waals surface area contributed by atoms with Crippen LogP contribution >= 0.6 is 0 Å². The number of rotatable bonds is 3. The van der Waals surface area contributed by atoms with Crippen LogP contribution in [0.25, 0.3) is 0 Å². The number of amides is 1. The fourth-order valence-corrected chi connectivity index (χ4v) is 3.27. The first-order valence-corrected chi connectivity index (χ1v) is 7.29. The van der Waals surface area contributed by atoms with Crippen LogP contribution in [0.15, 0.2) is 0 Å². The van der Waals surface area contributed by atoms with Crippen molar-refractivity contribution in [2.24, 2.45) is 17.6 Å². The van der Waals surface area contributed by atoms with Crippen LogP contribution < -0.4 is 11.1 Å². The van der Waals surface area contributed by atoms with E-state index < -0.39 is 0 Å². The van der Waals surface area contributed by atoms with E-state index in [0.717, 1.165) is 32.2 Å². The second-order valence-electron chi connectivity index (χ2n) is 5.87. The zero-order valence-electron chi connectivity index (χ0n) is 10.8. The summed E-state index contributed by atoms with van der Waals surface area (Å²) in [5.74, 6) is 1.20. The third kappa shape index (κ3) is 3.98. The standard InChI is InChI=1S/C14H26N2O/c15-13-8-4-5-11(9-13)10-16-14(17)12-6-2-1-3-7-12/h11-13H,1-10,15H2,(H,16,17). The molecule has 2 aliphatic carbocycles. The first-order valence-electron chi connectivity index (χ1n) is 7.29. The molecule has 0 aromatic carbocycles. The van der Waals surface area contributed by atoms with E-state index in [0.29, 0.717) is 23.8 Å². The molecule has 2 fully saturated rings. The first-order chi connectivity index (χ1) is 8.25. The van der Waals surface area contributed by atoms with Gasteiger partial charge in [0.25, 0.3) is 0 Å². The van der Waals surface area contributed by atoms with Crippen LogP contribution in [0.2, 0.25) is 0 Å². The predicted molar refractivity (Wildman–Crippen MR) is 69.5 cm³/mol. The third-order valence-corrected chi connectivity index (χ3v) is 4.36. The van der Waals surface area contributed by atoms with Crippen molar-refractivity contribution in [3.05, 3.63) is 0 Å². The van der Waals surface area contributed by atoms with Crippen LogP contribution in [0.3, 0.4) is 0 Å². The Kier molecular flexibility index (Phi) is 4.84. The Morgan fingerprint density at radius 2 is 1.82 bits per heavy atom. The molecule has 2 saturated carbocycles. The summed E-state index contributed by atoms with van der Waals surface area (Å²) in [4.78, 5) is 12.0. The molecule has 17 heavy (non-hydrogen) atoms. The lowest BCUT2D eigenvalue weighted by Crippen LogP contribution is -2.38. The molecule has 2 rings (SSSR count). The predicted octanol–water partition coefficient (Wildman–Crippen LogP) is 2.20. The van der Waals surface area contributed by atoms with Gasteiger partial charge in [-0.2, -0.15) is 0 Å². The summed E-state index contributed by atoms with van der Waals surface area (Å²) in [6.45, 7) is 0.850. The molecule has 0 spiro atoms. The summed E-state index contributed by atoms with van der Waals surface area (Å²) in [5, 5.41) is 3.15. The molecule has 0 saturated heterocycles. The minimum absolute atomic E-state index is 0.293. The minimum atomic E-state index is 0.293. The highest BCUT2D eigenvalue weighted by Crippen LogP contribution is 2.25. The Morgan fingerprint density at radius 1 is 1.06 bits per heavy atom. The topological polar surface area (TPSA) is 55.1 Å². The molecule has 0 aromatic heterocycles. The van der Waals surface area contributed by atoms with Crippen molar-refractivity contribution in [1.29, 1.82) is 0 Å². The monoisotopic (exact) mass is 238 g/mol. The lowest BCUT2D eigenvalue weighted by atomic mass is 9.85. The van der Waals surface area contributed by atoms with Crippen LogP contribution in [0.4, 0.5) is 0 Å². The summed E-state index contributed by atoms with van der Waals surface area (Å²) in [7, 11) is 0. The molecule has 3 heteroatoms. The Hall–Kier alpha value is -0.570.